The summed E-state index contributed by atoms with van der Waals surface area (Å²) in [7, 11) is 0. The molecule has 2 aliphatic heterocycles. The Bertz CT molecular complexity index is 1140. The second-order valence-electron chi connectivity index (χ2n) is 9.61. The molecular formula is C28H31N3O. The minimum atomic E-state index is 0.144. The van der Waals surface area contributed by atoms with Crippen molar-refractivity contribution in [3.63, 3.8) is 0 Å². The molecule has 1 saturated heterocycles. The minimum Gasteiger partial charge on any atom is -0.370 e. The molecule has 0 N–H and O–H groups in total. The molecule has 2 fully saturated rings. The van der Waals surface area contributed by atoms with Gasteiger partial charge in [0.1, 0.15) is 0 Å². The molecule has 32 heavy (non-hydrogen) atoms. The van der Waals surface area contributed by atoms with Crippen molar-refractivity contribution in [2.75, 3.05) is 49.1 Å². The van der Waals surface area contributed by atoms with Gasteiger partial charge in [-0.2, -0.15) is 0 Å². The van der Waals surface area contributed by atoms with E-state index in [9.17, 15) is 4.79 Å². The quantitative estimate of drug-likeness (QED) is 0.558. The van der Waals surface area contributed by atoms with E-state index in [1.807, 2.05) is 17.0 Å². The Morgan fingerprint density at radius 1 is 0.812 bits per heavy atom. The molecule has 0 spiro atoms. The van der Waals surface area contributed by atoms with Gasteiger partial charge in [-0.25, -0.2) is 0 Å². The molecular weight excluding hydrogens is 394 g/mol. The summed E-state index contributed by atoms with van der Waals surface area (Å²) in [4.78, 5) is 20.5. The van der Waals surface area contributed by atoms with Gasteiger partial charge in [-0.15, -0.1) is 0 Å². The fraction of sp³-hybridized carbons (Fsp3) is 0.393. The van der Waals surface area contributed by atoms with Crippen molar-refractivity contribution < 1.29 is 4.79 Å². The highest BCUT2D eigenvalue weighted by atomic mass is 16.2. The predicted molar refractivity (Wildman–Crippen MR) is 132 cm³/mol. The fourth-order valence-electron chi connectivity index (χ4n) is 5.47. The molecule has 0 atom stereocenters. The Hall–Kier alpha value is -2.85. The summed E-state index contributed by atoms with van der Waals surface area (Å²) in [6.45, 7) is 6.50. The number of benzene rings is 3. The summed E-state index contributed by atoms with van der Waals surface area (Å²) >= 11 is 0. The molecule has 0 radical (unpaired) electrons. The second-order valence-corrected chi connectivity index (χ2v) is 9.61. The van der Waals surface area contributed by atoms with Crippen molar-refractivity contribution in [1.82, 2.24) is 4.90 Å². The Morgan fingerprint density at radius 2 is 1.66 bits per heavy atom. The van der Waals surface area contributed by atoms with Crippen molar-refractivity contribution in [1.29, 1.82) is 0 Å². The Kier molecular flexibility index (Phi) is 5.11. The van der Waals surface area contributed by atoms with Gasteiger partial charge in [0.15, 0.2) is 0 Å². The van der Waals surface area contributed by atoms with Crippen LogP contribution in [0, 0.1) is 5.92 Å². The maximum absolute atomic E-state index is 13.3. The lowest BCUT2D eigenvalue weighted by Gasteiger charge is -2.26. The van der Waals surface area contributed by atoms with Crippen LogP contribution in [0.3, 0.4) is 0 Å². The molecule has 4 heteroatoms. The van der Waals surface area contributed by atoms with E-state index in [0.29, 0.717) is 6.54 Å². The van der Waals surface area contributed by atoms with Crippen molar-refractivity contribution >= 4 is 28.1 Å². The first-order valence-electron chi connectivity index (χ1n) is 12.2. The molecule has 3 aliphatic rings. The van der Waals surface area contributed by atoms with E-state index >= 15 is 0 Å². The van der Waals surface area contributed by atoms with E-state index in [-0.39, 0.29) is 5.91 Å². The predicted octanol–water partition coefficient (Wildman–Crippen LogP) is 4.96. The van der Waals surface area contributed by atoms with E-state index in [4.69, 9.17) is 0 Å². The van der Waals surface area contributed by atoms with E-state index in [1.54, 1.807) is 0 Å². The molecule has 1 aliphatic carbocycles. The van der Waals surface area contributed by atoms with Crippen LogP contribution < -0.4 is 9.80 Å². The molecule has 1 saturated carbocycles. The van der Waals surface area contributed by atoms with Crippen LogP contribution in [-0.4, -0.2) is 50.1 Å². The lowest BCUT2D eigenvalue weighted by atomic mass is 10.0. The average Bonchev–Trinajstić information content (AvgIpc) is 3.63. The number of nitrogens with zero attached hydrogens (tertiary/aromatic N) is 3. The number of amides is 1. The lowest BCUT2D eigenvalue weighted by molar-refractivity contribution is 0.0993. The molecule has 2 heterocycles. The van der Waals surface area contributed by atoms with E-state index in [0.717, 1.165) is 48.6 Å². The van der Waals surface area contributed by atoms with Gasteiger partial charge in [-0.05, 0) is 61.9 Å². The smallest absolute Gasteiger partial charge is 0.259 e. The van der Waals surface area contributed by atoms with Crippen LogP contribution >= 0.6 is 0 Å². The highest BCUT2D eigenvalue weighted by Gasteiger charge is 2.31. The molecule has 4 nitrogen and oxygen atoms in total. The third-order valence-electron chi connectivity index (χ3n) is 7.37. The largest absolute Gasteiger partial charge is 0.370 e. The maximum Gasteiger partial charge on any atom is 0.259 e. The molecule has 1 amide bonds. The topological polar surface area (TPSA) is 26.8 Å². The van der Waals surface area contributed by atoms with Crippen LogP contribution in [0.5, 0.6) is 0 Å². The number of carbonyl (C=O) groups is 1. The summed E-state index contributed by atoms with van der Waals surface area (Å²) in [5.74, 6) is 1.09. The van der Waals surface area contributed by atoms with Gasteiger partial charge < -0.3 is 14.7 Å². The van der Waals surface area contributed by atoms with Crippen LogP contribution in [0.1, 0.15) is 35.2 Å². The molecule has 3 aromatic rings. The molecule has 0 aromatic heterocycles. The summed E-state index contributed by atoms with van der Waals surface area (Å²) < 4.78 is 0. The highest BCUT2D eigenvalue weighted by molar-refractivity contribution is 6.26. The van der Waals surface area contributed by atoms with E-state index in [1.165, 1.54) is 49.0 Å². The van der Waals surface area contributed by atoms with Crippen LogP contribution in [0.2, 0.25) is 0 Å². The van der Waals surface area contributed by atoms with Gasteiger partial charge in [0.05, 0.1) is 5.69 Å². The summed E-state index contributed by atoms with van der Waals surface area (Å²) in [6, 6.07) is 21.1. The normalized spacial score (nSPS) is 19.1. The van der Waals surface area contributed by atoms with Gasteiger partial charge in [0.2, 0.25) is 0 Å². The summed E-state index contributed by atoms with van der Waals surface area (Å²) in [5, 5.41) is 2.37. The molecule has 6 rings (SSSR count). The van der Waals surface area contributed by atoms with Crippen molar-refractivity contribution in [2.24, 2.45) is 5.92 Å². The first-order valence-corrected chi connectivity index (χ1v) is 12.2. The minimum absolute atomic E-state index is 0.144. The van der Waals surface area contributed by atoms with Crippen LogP contribution in [0.4, 0.5) is 11.4 Å². The number of rotatable bonds is 6. The van der Waals surface area contributed by atoms with E-state index in [2.05, 4.69) is 58.3 Å². The highest BCUT2D eigenvalue weighted by Crippen LogP contribution is 2.42. The summed E-state index contributed by atoms with van der Waals surface area (Å²) in [6.07, 6.45) is 4.92. The van der Waals surface area contributed by atoms with Crippen molar-refractivity contribution in [3.05, 3.63) is 71.8 Å². The SMILES string of the molecule is O=C1c2cccc3c(N4CCCN(CC5CC5)CC4)ccc(c23)N1CCc1ccccc1. The zero-order valence-electron chi connectivity index (χ0n) is 18.7. The Morgan fingerprint density at radius 3 is 2.50 bits per heavy atom. The number of anilines is 2. The van der Waals surface area contributed by atoms with Gasteiger partial charge in [-0.3, -0.25) is 4.79 Å². The molecule has 0 unspecified atom stereocenters. The first kappa shape index (κ1) is 19.8. The first-order chi connectivity index (χ1) is 15.8. The number of hydrogen-bond acceptors (Lipinski definition) is 3. The van der Waals surface area contributed by atoms with E-state index < -0.39 is 0 Å². The zero-order chi connectivity index (χ0) is 21.5. The van der Waals surface area contributed by atoms with Crippen LogP contribution in [-0.2, 0) is 6.42 Å². The van der Waals surface area contributed by atoms with Gasteiger partial charge >= 0.3 is 0 Å². The third kappa shape index (κ3) is 3.67. The summed E-state index contributed by atoms with van der Waals surface area (Å²) in [5.41, 5.74) is 4.49. The van der Waals surface area contributed by atoms with Crippen molar-refractivity contribution in [3.8, 4) is 0 Å². The Labute approximate surface area is 190 Å². The lowest BCUT2D eigenvalue weighted by Crippen LogP contribution is -2.32. The van der Waals surface area contributed by atoms with Crippen LogP contribution in [0.25, 0.3) is 10.8 Å². The monoisotopic (exact) mass is 425 g/mol. The second kappa shape index (κ2) is 8.25. The molecule has 164 valence electrons. The molecule has 3 aromatic carbocycles. The maximum atomic E-state index is 13.3. The van der Waals surface area contributed by atoms with Crippen LogP contribution in [0.15, 0.2) is 60.7 Å². The fourth-order valence-corrected chi connectivity index (χ4v) is 5.47. The Balaban J connectivity index is 1.27. The van der Waals surface area contributed by atoms with Gasteiger partial charge in [0.25, 0.3) is 5.91 Å². The average molecular weight is 426 g/mol. The third-order valence-corrected chi connectivity index (χ3v) is 7.37. The standard InChI is InChI=1S/C28H31N3O/c32-28-24-9-4-8-23-25(30-16-5-15-29(18-19-30)20-22-10-11-22)12-13-26(27(23)24)31(28)17-14-21-6-2-1-3-7-21/h1-4,6-9,12-13,22H,5,10-11,14-20H2. The van der Waals surface area contributed by atoms with Gasteiger partial charge in [0, 0.05) is 54.7 Å². The number of hydrogen-bond donors (Lipinski definition) is 0. The van der Waals surface area contributed by atoms with Crippen molar-refractivity contribution in [2.45, 2.75) is 25.7 Å². The number of carbonyl (C=O) groups excluding carboxylic acids is 1. The van der Waals surface area contributed by atoms with Gasteiger partial charge in [-0.1, -0.05) is 42.5 Å². The zero-order valence-corrected chi connectivity index (χ0v) is 18.7. The molecule has 0 bridgehead atoms.